The Bertz CT molecular complexity index is 798. The van der Waals surface area contributed by atoms with Gasteiger partial charge in [0.1, 0.15) is 13.2 Å². The van der Waals surface area contributed by atoms with Crippen LogP contribution < -0.4 is 14.8 Å². The van der Waals surface area contributed by atoms with Crippen molar-refractivity contribution in [3.63, 3.8) is 0 Å². The summed E-state index contributed by atoms with van der Waals surface area (Å²) in [5, 5.41) is 2.70. The minimum absolute atomic E-state index is 0.309. The molecule has 2 aromatic rings. The lowest BCUT2D eigenvalue weighted by Crippen LogP contribution is -2.21. The zero-order valence-electron chi connectivity index (χ0n) is 14.8. The fourth-order valence-electron chi connectivity index (χ4n) is 2.53. The molecule has 1 aliphatic heterocycles. The van der Waals surface area contributed by atoms with Crippen LogP contribution >= 0.6 is 0 Å². The van der Waals surface area contributed by atoms with E-state index in [4.69, 9.17) is 14.2 Å². The van der Waals surface area contributed by atoms with E-state index >= 15 is 0 Å². The van der Waals surface area contributed by atoms with Crippen LogP contribution in [0, 0.1) is 0 Å². The SMILES string of the molecule is CC(C)c1ccc(NC(=O)COC(=O)c2ccc3c(c2)OCCO3)cc1. The van der Waals surface area contributed by atoms with Crippen molar-refractivity contribution in [2.24, 2.45) is 0 Å². The maximum absolute atomic E-state index is 12.1. The Kier molecular flexibility index (Phi) is 5.41. The van der Waals surface area contributed by atoms with Crippen molar-refractivity contribution in [3.05, 3.63) is 53.6 Å². The monoisotopic (exact) mass is 355 g/mol. The van der Waals surface area contributed by atoms with Crippen LogP contribution in [0.5, 0.6) is 11.5 Å². The third-order valence-corrected chi connectivity index (χ3v) is 3.97. The Morgan fingerprint density at radius 3 is 2.42 bits per heavy atom. The predicted molar refractivity (Wildman–Crippen MR) is 96.9 cm³/mol. The number of carbonyl (C=O) groups excluding carboxylic acids is 2. The number of fused-ring (bicyclic) bond motifs is 1. The van der Waals surface area contributed by atoms with Gasteiger partial charge in [-0.25, -0.2) is 4.79 Å². The van der Waals surface area contributed by atoms with E-state index < -0.39 is 11.9 Å². The first-order valence-electron chi connectivity index (χ1n) is 8.49. The molecule has 0 aromatic heterocycles. The summed E-state index contributed by atoms with van der Waals surface area (Å²) < 4.78 is 15.9. The third-order valence-electron chi connectivity index (χ3n) is 3.97. The lowest BCUT2D eigenvalue weighted by atomic mass is 10.0. The topological polar surface area (TPSA) is 73.9 Å². The van der Waals surface area contributed by atoms with Gasteiger partial charge < -0.3 is 19.5 Å². The maximum Gasteiger partial charge on any atom is 0.338 e. The van der Waals surface area contributed by atoms with Crippen molar-refractivity contribution in [3.8, 4) is 11.5 Å². The van der Waals surface area contributed by atoms with E-state index in [-0.39, 0.29) is 6.61 Å². The number of ether oxygens (including phenoxy) is 3. The summed E-state index contributed by atoms with van der Waals surface area (Å²) in [7, 11) is 0. The Morgan fingerprint density at radius 1 is 1.04 bits per heavy atom. The van der Waals surface area contributed by atoms with Crippen LogP contribution in [0.4, 0.5) is 5.69 Å². The molecule has 0 spiro atoms. The number of hydrogen-bond donors (Lipinski definition) is 1. The molecule has 0 fully saturated rings. The summed E-state index contributed by atoms with van der Waals surface area (Å²) >= 11 is 0. The van der Waals surface area contributed by atoms with E-state index in [1.165, 1.54) is 5.56 Å². The standard InChI is InChI=1S/C20H21NO5/c1-13(2)14-3-6-16(7-4-14)21-19(22)12-26-20(23)15-5-8-17-18(11-15)25-10-9-24-17/h3-8,11,13H,9-10,12H2,1-2H3,(H,21,22). The Morgan fingerprint density at radius 2 is 1.73 bits per heavy atom. The highest BCUT2D eigenvalue weighted by molar-refractivity contribution is 5.95. The van der Waals surface area contributed by atoms with Gasteiger partial charge in [-0.1, -0.05) is 26.0 Å². The van der Waals surface area contributed by atoms with Gasteiger partial charge in [-0.05, 0) is 41.8 Å². The van der Waals surface area contributed by atoms with Gasteiger partial charge in [0.05, 0.1) is 5.56 Å². The van der Waals surface area contributed by atoms with E-state index in [1.807, 2.05) is 24.3 Å². The lowest BCUT2D eigenvalue weighted by molar-refractivity contribution is -0.119. The largest absolute Gasteiger partial charge is 0.486 e. The molecule has 2 aromatic carbocycles. The van der Waals surface area contributed by atoms with E-state index in [0.717, 1.165) is 0 Å². The molecule has 136 valence electrons. The van der Waals surface area contributed by atoms with Gasteiger partial charge in [0.2, 0.25) is 0 Å². The number of hydrogen-bond acceptors (Lipinski definition) is 5. The highest BCUT2D eigenvalue weighted by atomic mass is 16.6. The van der Waals surface area contributed by atoms with Crippen LogP contribution in [0.25, 0.3) is 0 Å². The van der Waals surface area contributed by atoms with Gasteiger partial charge in [0.25, 0.3) is 5.91 Å². The molecule has 6 heteroatoms. The summed E-state index contributed by atoms with van der Waals surface area (Å²) in [6, 6.07) is 12.4. The molecule has 1 N–H and O–H groups in total. The fraction of sp³-hybridized carbons (Fsp3) is 0.300. The first kappa shape index (κ1) is 17.8. The predicted octanol–water partition coefficient (Wildman–Crippen LogP) is 3.38. The zero-order valence-corrected chi connectivity index (χ0v) is 14.8. The molecule has 0 saturated heterocycles. The van der Waals surface area contributed by atoms with Gasteiger partial charge in [0, 0.05) is 5.69 Å². The number of anilines is 1. The van der Waals surface area contributed by atoms with Crippen LogP contribution in [0.15, 0.2) is 42.5 Å². The number of nitrogens with one attached hydrogen (secondary N) is 1. The van der Waals surface area contributed by atoms with Crippen molar-refractivity contribution in [2.75, 3.05) is 25.1 Å². The molecule has 0 aliphatic carbocycles. The fourth-order valence-corrected chi connectivity index (χ4v) is 2.53. The average Bonchev–Trinajstić information content (AvgIpc) is 2.66. The number of rotatable bonds is 5. The first-order chi connectivity index (χ1) is 12.5. The number of esters is 1. The Hall–Kier alpha value is -3.02. The second kappa shape index (κ2) is 7.91. The number of amides is 1. The summed E-state index contributed by atoms with van der Waals surface area (Å²) in [4.78, 5) is 24.1. The van der Waals surface area contributed by atoms with E-state index in [0.29, 0.717) is 41.9 Å². The van der Waals surface area contributed by atoms with E-state index in [1.54, 1.807) is 18.2 Å². The number of carbonyl (C=O) groups is 2. The molecular weight excluding hydrogens is 334 g/mol. The summed E-state index contributed by atoms with van der Waals surface area (Å²) in [6.07, 6.45) is 0. The van der Waals surface area contributed by atoms with Crippen LogP contribution in [0.2, 0.25) is 0 Å². The summed E-state index contributed by atoms with van der Waals surface area (Å²) in [6.45, 7) is 4.76. The molecule has 26 heavy (non-hydrogen) atoms. The smallest absolute Gasteiger partial charge is 0.338 e. The molecule has 0 saturated carbocycles. The van der Waals surface area contributed by atoms with Crippen molar-refractivity contribution in [1.29, 1.82) is 0 Å². The summed E-state index contributed by atoms with van der Waals surface area (Å²) in [5.74, 6) is 0.531. The van der Waals surface area contributed by atoms with Gasteiger partial charge in [-0.2, -0.15) is 0 Å². The highest BCUT2D eigenvalue weighted by Gasteiger charge is 2.16. The summed E-state index contributed by atoms with van der Waals surface area (Å²) in [5.41, 5.74) is 2.16. The van der Waals surface area contributed by atoms with Crippen LogP contribution in [0.3, 0.4) is 0 Å². The van der Waals surface area contributed by atoms with Crippen LogP contribution in [-0.2, 0) is 9.53 Å². The normalized spacial score (nSPS) is 12.6. The maximum atomic E-state index is 12.1. The average molecular weight is 355 g/mol. The molecule has 0 bridgehead atoms. The third kappa shape index (κ3) is 4.33. The second-order valence-electron chi connectivity index (χ2n) is 6.26. The Labute approximate surface area is 152 Å². The Balaban J connectivity index is 1.53. The van der Waals surface area contributed by atoms with E-state index in [9.17, 15) is 9.59 Å². The molecule has 0 radical (unpaired) electrons. The molecule has 0 unspecified atom stereocenters. The minimum Gasteiger partial charge on any atom is -0.486 e. The molecular formula is C20H21NO5. The van der Waals surface area contributed by atoms with Crippen molar-refractivity contribution >= 4 is 17.6 Å². The quantitative estimate of drug-likeness (QED) is 0.833. The van der Waals surface area contributed by atoms with Gasteiger partial charge in [-0.15, -0.1) is 0 Å². The van der Waals surface area contributed by atoms with Gasteiger partial charge in [-0.3, -0.25) is 4.79 Å². The molecule has 0 atom stereocenters. The van der Waals surface area contributed by atoms with Crippen molar-refractivity contribution < 1.29 is 23.8 Å². The van der Waals surface area contributed by atoms with E-state index in [2.05, 4.69) is 19.2 Å². The first-order valence-corrected chi connectivity index (χ1v) is 8.49. The lowest BCUT2D eigenvalue weighted by Gasteiger charge is -2.18. The molecule has 1 aliphatic rings. The number of benzene rings is 2. The molecule has 1 heterocycles. The highest BCUT2D eigenvalue weighted by Crippen LogP contribution is 2.30. The molecule has 6 nitrogen and oxygen atoms in total. The van der Waals surface area contributed by atoms with Crippen LogP contribution in [-0.4, -0.2) is 31.7 Å². The molecule has 1 amide bonds. The minimum atomic E-state index is -0.590. The van der Waals surface area contributed by atoms with Gasteiger partial charge >= 0.3 is 5.97 Å². The van der Waals surface area contributed by atoms with Gasteiger partial charge in [0.15, 0.2) is 18.1 Å². The van der Waals surface area contributed by atoms with Crippen molar-refractivity contribution in [2.45, 2.75) is 19.8 Å². The van der Waals surface area contributed by atoms with Crippen LogP contribution in [0.1, 0.15) is 35.7 Å². The van der Waals surface area contributed by atoms with Crippen molar-refractivity contribution in [1.82, 2.24) is 0 Å². The zero-order chi connectivity index (χ0) is 18.5. The second-order valence-corrected chi connectivity index (χ2v) is 6.26. The molecule has 3 rings (SSSR count).